The van der Waals surface area contributed by atoms with E-state index < -0.39 is 42.4 Å². The van der Waals surface area contributed by atoms with Crippen molar-refractivity contribution in [3.05, 3.63) is 32.6 Å². The summed E-state index contributed by atoms with van der Waals surface area (Å²) < 4.78 is 6.16. The summed E-state index contributed by atoms with van der Waals surface area (Å²) in [5.74, 6) is 2.27. The van der Waals surface area contributed by atoms with Crippen LogP contribution < -0.4 is 11.2 Å². The van der Waals surface area contributed by atoms with Crippen LogP contribution in [0.2, 0.25) is 0 Å². The lowest BCUT2D eigenvalue weighted by molar-refractivity contribution is -0.0551. The van der Waals surface area contributed by atoms with Gasteiger partial charge in [0.2, 0.25) is 0 Å². The highest BCUT2D eigenvalue weighted by atomic mass is 16.6. The van der Waals surface area contributed by atoms with Crippen LogP contribution in [0.1, 0.15) is 11.8 Å². The van der Waals surface area contributed by atoms with E-state index in [0.717, 1.165) is 4.57 Å². The molecule has 8 nitrogen and oxygen atoms in total. The molecule has 1 aliphatic rings. The fraction of sp³-hybridized carbons (Fsp3) is 0.500. The molecule has 4 N–H and O–H groups in total. The van der Waals surface area contributed by atoms with Crippen molar-refractivity contribution in [2.75, 3.05) is 6.61 Å². The second-order valence-electron chi connectivity index (χ2n) is 4.43. The normalized spacial score (nSPS) is 29.3. The number of ether oxygens (including phenoxy) is 1. The van der Waals surface area contributed by atoms with Crippen molar-refractivity contribution >= 4 is 0 Å². The highest BCUT2D eigenvalue weighted by molar-refractivity contribution is 5.12. The Morgan fingerprint density at radius 2 is 2.10 bits per heavy atom. The van der Waals surface area contributed by atoms with Gasteiger partial charge in [0.25, 0.3) is 5.56 Å². The first kappa shape index (κ1) is 14.5. The molecule has 1 saturated heterocycles. The molecular weight excluding hydrogens is 268 g/mol. The van der Waals surface area contributed by atoms with Gasteiger partial charge in [-0.25, -0.2) is 4.79 Å². The van der Waals surface area contributed by atoms with Gasteiger partial charge >= 0.3 is 5.69 Å². The Morgan fingerprint density at radius 3 is 2.65 bits per heavy atom. The number of rotatable bonds is 3. The molecule has 20 heavy (non-hydrogen) atoms. The molecule has 0 bridgehead atoms. The predicted octanol–water partition coefficient (Wildman–Crippen LogP) is -2.68. The zero-order valence-corrected chi connectivity index (χ0v) is 10.4. The number of aliphatic hydroxyl groups is 3. The molecule has 0 aromatic carbocycles. The van der Waals surface area contributed by atoms with Gasteiger partial charge in [-0.15, -0.1) is 12.3 Å². The number of aliphatic hydroxyl groups excluding tert-OH is 3. The lowest BCUT2D eigenvalue weighted by atomic mass is 10.1. The third kappa shape index (κ3) is 2.39. The first-order valence-corrected chi connectivity index (χ1v) is 5.89. The summed E-state index contributed by atoms with van der Waals surface area (Å²) in [5.41, 5.74) is -1.26. The molecule has 0 aliphatic carbocycles. The van der Waals surface area contributed by atoms with Gasteiger partial charge in [-0.05, 0) is 0 Å². The van der Waals surface area contributed by atoms with Crippen LogP contribution in [0.3, 0.4) is 0 Å². The van der Waals surface area contributed by atoms with Gasteiger partial charge in [0.05, 0.1) is 6.61 Å². The fourth-order valence-electron chi connectivity index (χ4n) is 2.06. The molecule has 1 fully saturated rings. The third-order valence-corrected chi connectivity index (χ3v) is 3.13. The zero-order valence-electron chi connectivity index (χ0n) is 10.4. The van der Waals surface area contributed by atoms with E-state index in [1.54, 1.807) is 0 Å². The average molecular weight is 282 g/mol. The summed E-state index contributed by atoms with van der Waals surface area (Å²) in [6.45, 7) is -0.510. The van der Waals surface area contributed by atoms with E-state index in [2.05, 4.69) is 10.9 Å². The second kappa shape index (κ2) is 5.60. The van der Waals surface area contributed by atoms with E-state index in [-0.39, 0.29) is 12.0 Å². The van der Waals surface area contributed by atoms with Crippen LogP contribution >= 0.6 is 0 Å². The quantitative estimate of drug-likeness (QED) is 0.448. The number of aromatic amines is 1. The van der Waals surface area contributed by atoms with Crippen molar-refractivity contribution in [2.24, 2.45) is 0 Å². The number of H-pyrrole nitrogens is 1. The van der Waals surface area contributed by atoms with Crippen molar-refractivity contribution in [1.82, 2.24) is 9.55 Å². The first-order chi connectivity index (χ1) is 9.49. The van der Waals surface area contributed by atoms with Crippen LogP contribution in [-0.4, -0.2) is 49.8 Å². The average Bonchev–Trinajstić information content (AvgIpc) is 2.70. The number of terminal acetylenes is 1. The molecule has 1 aromatic rings. The molecule has 108 valence electrons. The van der Waals surface area contributed by atoms with Crippen molar-refractivity contribution in [1.29, 1.82) is 0 Å². The summed E-state index contributed by atoms with van der Waals surface area (Å²) >= 11 is 0. The molecule has 1 aliphatic heterocycles. The minimum absolute atomic E-state index is 0.00438. The highest BCUT2D eigenvalue weighted by Gasteiger charge is 2.43. The number of aromatic nitrogens is 2. The zero-order chi connectivity index (χ0) is 14.9. The Balaban J connectivity index is 2.43. The van der Waals surface area contributed by atoms with E-state index in [0.29, 0.717) is 0 Å². The molecule has 8 heteroatoms. The molecule has 2 rings (SSSR count). The summed E-state index contributed by atoms with van der Waals surface area (Å²) in [6.07, 6.45) is 1.35. The topological polar surface area (TPSA) is 125 Å². The van der Waals surface area contributed by atoms with Crippen molar-refractivity contribution in [3.63, 3.8) is 0 Å². The number of nitrogens with zero attached hydrogens (tertiary/aromatic N) is 1. The van der Waals surface area contributed by atoms with Crippen molar-refractivity contribution < 1.29 is 20.1 Å². The maximum Gasteiger partial charge on any atom is 0.330 e. The van der Waals surface area contributed by atoms with Crippen LogP contribution in [-0.2, 0) is 11.2 Å². The Hall–Kier alpha value is -1.92. The van der Waals surface area contributed by atoms with E-state index >= 15 is 0 Å². The van der Waals surface area contributed by atoms with Gasteiger partial charge in [0.1, 0.15) is 18.3 Å². The number of hydrogen-bond acceptors (Lipinski definition) is 6. The Morgan fingerprint density at radius 1 is 1.40 bits per heavy atom. The Kier molecular flexibility index (Phi) is 4.06. The van der Waals surface area contributed by atoms with Crippen molar-refractivity contribution in [3.8, 4) is 12.3 Å². The van der Waals surface area contributed by atoms with Crippen LogP contribution in [0.4, 0.5) is 0 Å². The summed E-state index contributed by atoms with van der Waals surface area (Å²) in [6, 6.07) is 0. The van der Waals surface area contributed by atoms with Gasteiger partial charge in [0, 0.05) is 18.2 Å². The lowest BCUT2D eigenvalue weighted by Crippen LogP contribution is -2.38. The highest BCUT2D eigenvalue weighted by Crippen LogP contribution is 2.27. The summed E-state index contributed by atoms with van der Waals surface area (Å²) in [4.78, 5) is 25.3. The SMILES string of the molecule is C#CCc1cn([C@H]2O[C@@H](CO)C(O)C2O)c(=O)[nH]c1=O. The smallest absolute Gasteiger partial charge is 0.330 e. The maximum atomic E-state index is 11.8. The first-order valence-electron chi connectivity index (χ1n) is 5.89. The van der Waals surface area contributed by atoms with Crippen LogP contribution in [0.15, 0.2) is 15.8 Å². The molecule has 0 radical (unpaired) electrons. The molecule has 0 amide bonds. The molecular formula is C12H14N2O6. The van der Waals surface area contributed by atoms with Crippen LogP contribution in [0.5, 0.6) is 0 Å². The van der Waals surface area contributed by atoms with Gasteiger partial charge in [-0.1, -0.05) is 0 Å². The van der Waals surface area contributed by atoms with E-state index in [4.69, 9.17) is 16.3 Å². The third-order valence-electron chi connectivity index (χ3n) is 3.13. The molecule has 1 aromatic heterocycles. The Labute approximate surface area is 113 Å². The predicted molar refractivity (Wildman–Crippen MR) is 66.9 cm³/mol. The Bertz CT molecular complexity index is 643. The monoisotopic (exact) mass is 282 g/mol. The van der Waals surface area contributed by atoms with E-state index in [9.17, 15) is 19.8 Å². The summed E-state index contributed by atoms with van der Waals surface area (Å²) in [5, 5.41) is 28.5. The van der Waals surface area contributed by atoms with Crippen molar-refractivity contribution in [2.45, 2.75) is 31.0 Å². The minimum atomic E-state index is -1.41. The summed E-state index contributed by atoms with van der Waals surface area (Å²) in [7, 11) is 0. The van der Waals surface area contributed by atoms with Gasteiger partial charge in [-0.2, -0.15) is 0 Å². The van der Waals surface area contributed by atoms with Crippen LogP contribution in [0, 0.1) is 12.3 Å². The minimum Gasteiger partial charge on any atom is -0.394 e. The number of hydrogen-bond donors (Lipinski definition) is 4. The van der Waals surface area contributed by atoms with Gasteiger partial charge in [0.15, 0.2) is 6.23 Å². The van der Waals surface area contributed by atoms with Gasteiger partial charge in [-0.3, -0.25) is 14.3 Å². The molecule has 0 spiro atoms. The van der Waals surface area contributed by atoms with E-state index in [1.807, 2.05) is 0 Å². The van der Waals surface area contributed by atoms with Crippen LogP contribution in [0.25, 0.3) is 0 Å². The van der Waals surface area contributed by atoms with E-state index in [1.165, 1.54) is 6.20 Å². The lowest BCUT2D eigenvalue weighted by Gasteiger charge is -2.17. The fourth-order valence-corrected chi connectivity index (χ4v) is 2.06. The number of nitrogens with one attached hydrogen (secondary N) is 1. The largest absolute Gasteiger partial charge is 0.394 e. The van der Waals surface area contributed by atoms with Gasteiger partial charge < -0.3 is 20.1 Å². The molecule has 2 heterocycles. The standard InChI is InChI=1S/C12H14N2O6/c1-2-3-6-4-14(12(19)13-10(6)18)11-9(17)8(16)7(5-15)20-11/h1,4,7-9,11,15-17H,3,5H2,(H,13,18,19)/t7-,8?,9?,11-/m0/s1. The second-order valence-corrected chi connectivity index (χ2v) is 4.43. The molecule has 4 atom stereocenters. The molecule has 0 saturated carbocycles. The maximum absolute atomic E-state index is 11.8. The molecule has 2 unspecified atom stereocenters.